The number of phenols is 2. The van der Waals surface area contributed by atoms with Gasteiger partial charge in [0.15, 0.2) is 5.58 Å². The maximum atomic E-state index is 9.47. The highest BCUT2D eigenvalue weighted by molar-refractivity contribution is 5.92. The summed E-state index contributed by atoms with van der Waals surface area (Å²) in [4.78, 5) is 0. The third-order valence-corrected chi connectivity index (χ3v) is 2.78. The highest BCUT2D eigenvalue weighted by Gasteiger charge is 2.09. The van der Waals surface area contributed by atoms with Gasteiger partial charge in [0.05, 0.1) is 5.69 Å². The number of hydrogen-bond donors (Lipinski definition) is 3. The molecule has 0 saturated heterocycles. The fraction of sp³-hybridized carbons (Fsp3) is 0. The van der Waals surface area contributed by atoms with Crippen LogP contribution in [0.1, 0.15) is 0 Å². The summed E-state index contributed by atoms with van der Waals surface area (Å²) in [5, 5.41) is 19.5. The van der Waals surface area contributed by atoms with Gasteiger partial charge < -0.3 is 20.4 Å². The first-order valence-corrected chi connectivity index (χ1v) is 5.45. The number of fused-ring (bicyclic) bond motifs is 1. The Balaban J connectivity index is 2.19. The Morgan fingerprint density at radius 2 is 1.61 bits per heavy atom. The zero-order chi connectivity index (χ0) is 12.7. The van der Waals surface area contributed by atoms with Crippen LogP contribution >= 0.6 is 0 Å². The summed E-state index contributed by atoms with van der Waals surface area (Å²) < 4.78 is 5.66. The van der Waals surface area contributed by atoms with Gasteiger partial charge in [0.1, 0.15) is 17.3 Å². The van der Waals surface area contributed by atoms with Crippen molar-refractivity contribution in [2.45, 2.75) is 0 Å². The molecule has 3 aromatic rings. The molecular weight excluding hydrogens is 230 g/mol. The van der Waals surface area contributed by atoms with Crippen molar-refractivity contribution < 1.29 is 14.6 Å². The van der Waals surface area contributed by atoms with Gasteiger partial charge in [-0.3, -0.25) is 0 Å². The SMILES string of the molecule is Nc1cc(O)cc2cc(-c3ccc(O)cc3)oc12. The maximum absolute atomic E-state index is 9.47. The van der Waals surface area contributed by atoms with E-state index in [1.54, 1.807) is 36.4 Å². The number of anilines is 1. The highest BCUT2D eigenvalue weighted by atomic mass is 16.3. The van der Waals surface area contributed by atoms with E-state index in [1.807, 2.05) is 0 Å². The molecule has 0 atom stereocenters. The molecular formula is C14H11NO3. The van der Waals surface area contributed by atoms with Crippen LogP contribution in [0.15, 0.2) is 46.9 Å². The Kier molecular flexibility index (Phi) is 2.16. The molecule has 0 aliphatic heterocycles. The average molecular weight is 241 g/mol. The minimum Gasteiger partial charge on any atom is -0.508 e. The number of furan rings is 1. The summed E-state index contributed by atoms with van der Waals surface area (Å²) in [5.41, 5.74) is 7.56. The second kappa shape index (κ2) is 3.70. The van der Waals surface area contributed by atoms with Crippen LogP contribution in [0, 0.1) is 0 Å². The largest absolute Gasteiger partial charge is 0.508 e. The highest BCUT2D eigenvalue weighted by Crippen LogP contribution is 2.34. The quantitative estimate of drug-likeness (QED) is 0.572. The van der Waals surface area contributed by atoms with Crippen molar-refractivity contribution in [2.24, 2.45) is 0 Å². The molecule has 0 aliphatic carbocycles. The molecule has 90 valence electrons. The Labute approximate surface area is 103 Å². The minimum atomic E-state index is 0.109. The van der Waals surface area contributed by atoms with Gasteiger partial charge in [0, 0.05) is 17.0 Å². The molecule has 0 spiro atoms. The monoisotopic (exact) mass is 241 g/mol. The maximum Gasteiger partial charge on any atom is 0.157 e. The summed E-state index contributed by atoms with van der Waals surface area (Å²) in [7, 11) is 0. The lowest BCUT2D eigenvalue weighted by atomic mass is 10.1. The Hall–Kier alpha value is -2.62. The first-order chi connectivity index (χ1) is 8.63. The lowest BCUT2D eigenvalue weighted by molar-refractivity contribution is 0.475. The van der Waals surface area contributed by atoms with Crippen LogP contribution in [0.25, 0.3) is 22.3 Å². The molecule has 0 unspecified atom stereocenters. The van der Waals surface area contributed by atoms with E-state index in [0.29, 0.717) is 17.0 Å². The lowest BCUT2D eigenvalue weighted by Crippen LogP contribution is -1.83. The molecule has 0 bridgehead atoms. The van der Waals surface area contributed by atoms with E-state index >= 15 is 0 Å². The third-order valence-electron chi connectivity index (χ3n) is 2.78. The Morgan fingerprint density at radius 1 is 0.889 bits per heavy atom. The van der Waals surface area contributed by atoms with Crippen LogP contribution in [-0.4, -0.2) is 10.2 Å². The van der Waals surface area contributed by atoms with Gasteiger partial charge >= 0.3 is 0 Å². The molecule has 0 saturated carbocycles. The van der Waals surface area contributed by atoms with E-state index in [9.17, 15) is 10.2 Å². The summed E-state index contributed by atoms with van der Waals surface area (Å²) in [5.74, 6) is 0.951. The van der Waals surface area contributed by atoms with E-state index < -0.39 is 0 Å². The van der Waals surface area contributed by atoms with Crippen LogP contribution in [0.2, 0.25) is 0 Å². The normalized spacial score (nSPS) is 10.9. The fourth-order valence-corrected chi connectivity index (χ4v) is 1.93. The molecule has 4 N–H and O–H groups in total. The lowest BCUT2D eigenvalue weighted by Gasteiger charge is -1.97. The van der Waals surface area contributed by atoms with Gasteiger partial charge in [-0.2, -0.15) is 0 Å². The molecule has 4 heteroatoms. The summed E-state index contributed by atoms with van der Waals surface area (Å²) >= 11 is 0. The number of nitrogens with two attached hydrogens (primary N) is 1. The van der Waals surface area contributed by atoms with Gasteiger partial charge in [0.25, 0.3) is 0 Å². The van der Waals surface area contributed by atoms with Gasteiger partial charge in [-0.05, 0) is 36.4 Å². The first kappa shape index (κ1) is 10.5. The smallest absolute Gasteiger partial charge is 0.157 e. The van der Waals surface area contributed by atoms with E-state index in [2.05, 4.69) is 0 Å². The topological polar surface area (TPSA) is 79.6 Å². The van der Waals surface area contributed by atoms with Crippen molar-refractivity contribution >= 4 is 16.7 Å². The number of hydrogen-bond acceptors (Lipinski definition) is 4. The van der Waals surface area contributed by atoms with Crippen molar-refractivity contribution in [3.63, 3.8) is 0 Å². The molecule has 0 radical (unpaired) electrons. The molecule has 0 amide bonds. The zero-order valence-corrected chi connectivity index (χ0v) is 9.42. The molecule has 1 heterocycles. The molecule has 4 nitrogen and oxygen atoms in total. The fourth-order valence-electron chi connectivity index (χ4n) is 1.93. The number of aromatic hydroxyl groups is 2. The summed E-state index contributed by atoms with van der Waals surface area (Å²) in [6, 6.07) is 11.5. The van der Waals surface area contributed by atoms with Gasteiger partial charge in [-0.15, -0.1) is 0 Å². The minimum absolute atomic E-state index is 0.109. The van der Waals surface area contributed by atoms with E-state index in [1.165, 1.54) is 6.07 Å². The second-order valence-corrected chi connectivity index (χ2v) is 4.11. The van der Waals surface area contributed by atoms with Gasteiger partial charge in [-0.25, -0.2) is 0 Å². The van der Waals surface area contributed by atoms with Crippen LogP contribution in [0.4, 0.5) is 5.69 Å². The van der Waals surface area contributed by atoms with Crippen LogP contribution in [0.5, 0.6) is 11.5 Å². The van der Waals surface area contributed by atoms with Gasteiger partial charge in [0.2, 0.25) is 0 Å². The molecule has 3 rings (SSSR count). The van der Waals surface area contributed by atoms with Gasteiger partial charge in [-0.1, -0.05) is 0 Å². The van der Waals surface area contributed by atoms with Crippen molar-refractivity contribution in [2.75, 3.05) is 5.73 Å². The molecule has 0 aliphatic rings. The van der Waals surface area contributed by atoms with Crippen LogP contribution in [-0.2, 0) is 0 Å². The molecule has 0 fully saturated rings. The summed E-state index contributed by atoms with van der Waals surface area (Å²) in [6.45, 7) is 0. The molecule has 2 aromatic carbocycles. The second-order valence-electron chi connectivity index (χ2n) is 4.11. The predicted molar refractivity (Wildman–Crippen MR) is 69.4 cm³/mol. The predicted octanol–water partition coefficient (Wildman–Crippen LogP) is 3.09. The summed E-state index contributed by atoms with van der Waals surface area (Å²) in [6.07, 6.45) is 0. The van der Waals surface area contributed by atoms with Crippen LogP contribution < -0.4 is 5.73 Å². The Morgan fingerprint density at radius 3 is 2.33 bits per heavy atom. The van der Waals surface area contributed by atoms with Crippen molar-refractivity contribution in [1.29, 1.82) is 0 Å². The number of phenolic OH excluding ortho intramolecular Hbond substituents is 2. The van der Waals surface area contributed by atoms with E-state index in [4.69, 9.17) is 10.2 Å². The Bertz CT molecular complexity index is 714. The zero-order valence-electron chi connectivity index (χ0n) is 9.42. The number of benzene rings is 2. The van der Waals surface area contributed by atoms with Crippen molar-refractivity contribution in [3.05, 3.63) is 42.5 Å². The third kappa shape index (κ3) is 1.64. The van der Waals surface area contributed by atoms with Crippen molar-refractivity contribution in [1.82, 2.24) is 0 Å². The first-order valence-electron chi connectivity index (χ1n) is 5.45. The van der Waals surface area contributed by atoms with Crippen molar-refractivity contribution in [3.8, 4) is 22.8 Å². The molecule has 18 heavy (non-hydrogen) atoms. The van der Waals surface area contributed by atoms with Crippen LogP contribution in [0.3, 0.4) is 0 Å². The van der Waals surface area contributed by atoms with E-state index in [-0.39, 0.29) is 11.5 Å². The number of nitrogen functional groups attached to an aromatic ring is 1. The van der Waals surface area contributed by atoms with E-state index in [0.717, 1.165) is 10.9 Å². The number of rotatable bonds is 1. The average Bonchev–Trinajstić information content (AvgIpc) is 2.74. The standard InChI is InChI=1S/C14H11NO3/c15-12-7-11(17)5-9-6-13(18-14(9)12)8-1-3-10(16)4-2-8/h1-7,16-17H,15H2. The molecule has 1 aromatic heterocycles.